The van der Waals surface area contributed by atoms with Gasteiger partial charge in [0.1, 0.15) is 12.0 Å². The first kappa shape index (κ1) is 28.6. The first-order chi connectivity index (χ1) is 16.1. The van der Waals surface area contributed by atoms with Crippen LogP contribution in [-0.2, 0) is 11.0 Å². The van der Waals surface area contributed by atoms with Gasteiger partial charge in [-0.2, -0.15) is 13.2 Å². The molecule has 0 amide bonds. The molecule has 0 fully saturated rings. The standard InChI is InChI=1S/C26H33BrF3NO2S/c1-5-7-13-25(17-32,14-8-6-2)18-34-24-16-23(33-4)21(27)15-22(24)31(3)20-11-9-19(10-12-20)26(28,29)30/h9-12,15-17H,5-8,13-14,18H2,1-4H3. The zero-order valence-corrected chi connectivity index (χ0v) is 22.6. The second-order valence-corrected chi connectivity index (χ2v) is 10.4. The zero-order chi connectivity index (χ0) is 25.4. The average Bonchev–Trinajstić information content (AvgIpc) is 2.83. The lowest BCUT2D eigenvalue weighted by molar-refractivity contribution is -0.137. The van der Waals surface area contributed by atoms with Crippen LogP contribution in [-0.4, -0.2) is 26.2 Å². The normalized spacial score (nSPS) is 12.0. The van der Waals surface area contributed by atoms with Crippen LogP contribution in [0.2, 0.25) is 0 Å². The molecule has 8 heteroatoms. The zero-order valence-electron chi connectivity index (χ0n) is 20.2. The molecule has 2 rings (SSSR count). The summed E-state index contributed by atoms with van der Waals surface area (Å²) >= 11 is 5.12. The maximum Gasteiger partial charge on any atom is 0.416 e. The van der Waals surface area contributed by atoms with E-state index in [0.29, 0.717) is 17.2 Å². The Morgan fingerprint density at radius 1 is 1.06 bits per heavy atom. The summed E-state index contributed by atoms with van der Waals surface area (Å²) in [6.45, 7) is 4.25. The molecule has 2 aromatic rings. The Morgan fingerprint density at radius 3 is 2.12 bits per heavy atom. The van der Waals surface area contributed by atoms with E-state index in [0.717, 1.165) is 72.0 Å². The second kappa shape index (κ2) is 12.9. The lowest BCUT2D eigenvalue weighted by Gasteiger charge is -2.29. The van der Waals surface area contributed by atoms with Gasteiger partial charge in [0, 0.05) is 28.8 Å². The van der Waals surface area contributed by atoms with E-state index in [1.807, 2.05) is 24.1 Å². The Balaban J connectivity index is 2.40. The largest absolute Gasteiger partial charge is 0.496 e. The first-order valence-electron chi connectivity index (χ1n) is 11.5. The van der Waals surface area contributed by atoms with Gasteiger partial charge in [-0.1, -0.05) is 39.5 Å². The highest BCUT2D eigenvalue weighted by Crippen LogP contribution is 2.44. The third-order valence-corrected chi connectivity index (χ3v) is 7.98. The first-order valence-corrected chi connectivity index (χ1v) is 13.3. The van der Waals surface area contributed by atoms with E-state index >= 15 is 0 Å². The maximum atomic E-state index is 13.0. The fourth-order valence-electron chi connectivity index (χ4n) is 3.77. The molecule has 0 heterocycles. The van der Waals surface area contributed by atoms with Crippen LogP contribution in [0.4, 0.5) is 24.5 Å². The van der Waals surface area contributed by atoms with Crippen molar-refractivity contribution < 1.29 is 22.7 Å². The van der Waals surface area contributed by atoms with E-state index < -0.39 is 17.2 Å². The van der Waals surface area contributed by atoms with E-state index in [4.69, 9.17) is 4.74 Å². The van der Waals surface area contributed by atoms with Crippen molar-refractivity contribution in [1.82, 2.24) is 0 Å². The van der Waals surface area contributed by atoms with E-state index in [2.05, 4.69) is 29.8 Å². The second-order valence-electron chi connectivity index (χ2n) is 8.53. The summed E-state index contributed by atoms with van der Waals surface area (Å²) in [6, 6.07) is 8.93. The van der Waals surface area contributed by atoms with Gasteiger partial charge in [0.15, 0.2) is 0 Å². The number of ether oxygens (including phenoxy) is 1. The molecule has 0 aromatic heterocycles. The Labute approximate surface area is 213 Å². The molecule has 0 aliphatic carbocycles. The maximum absolute atomic E-state index is 13.0. The van der Waals surface area contributed by atoms with Crippen LogP contribution in [0.3, 0.4) is 0 Å². The highest BCUT2D eigenvalue weighted by Gasteiger charge is 2.31. The molecule has 0 unspecified atom stereocenters. The number of benzene rings is 2. The summed E-state index contributed by atoms with van der Waals surface area (Å²) in [4.78, 5) is 15.0. The van der Waals surface area contributed by atoms with E-state index in [9.17, 15) is 18.0 Å². The molecular weight excluding hydrogens is 527 g/mol. The quantitative estimate of drug-likeness (QED) is 0.181. The van der Waals surface area contributed by atoms with Crippen molar-refractivity contribution in [3.63, 3.8) is 0 Å². The minimum Gasteiger partial charge on any atom is -0.496 e. The number of alkyl halides is 3. The van der Waals surface area contributed by atoms with Crippen molar-refractivity contribution in [3.8, 4) is 5.75 Å². The van der Waals surface area contributed by atoms with Crippen LogP contribution in [0.15, 0.2) is 45.8 Å². The summed E-state index contributed by atoms with van der Waals surface area (Å²) < 4.78 is 45.2. The molecular formula is C26H33BrF3NO2S. The Bertz CT molecular complexity index is 927. The van der Waals surface area contributed by atoms with Crippen molar-refractivity contribution in [3.05, 3.63) is 46.4 Å². The number of anilines is 2. The summed E-state index contributed by atoms with van der Waals surface area (Å²) in [6.07, 6.45) is 2.48. The predicted molar refractivity (Wildman–Crippen MR) is 138 cm³/mol. The van der Waals surface area contributed by atoms with Crippen LogP contribution < -0.4 is 9.64 Å². The molecule has 0 aliphatic heterocycles. The molecule has 0 saturated carbocycles. The average molecular weight is 561 g/mol. The summed E-state index contributed by atoms with van der Waals surface area (Å²) in [5.41, 5.74) is 0.368. The Kier molecular flexibility index (Phi) is 10.8. The van der Waals surface area contributed by atoms with Gasteiger partial charge in [0.25, 0.3) is 0 Å². The van der Waals surface area contributed by atoms with Crippen molar-refractivity contribution in [1.29, 1.82) is 0 Å². The van der Waals surface area contributed by atoms with Gasteiger partial charge in [-0.3, -0.25) is 0 Å². The molecule has 0 bridgehead atoms. The van der Waals surface area contributed by atoms with Crippen molar-refractivity contribution >= 4 is 45.4 Å². The van der Waals surface area contributed by atoms with E-state index in [1.165, 1.54) is 12.1 Å². The number of halogens is 4. The molecule has 0 saturated heterocycles. The van der Waals surface area contributed by atoms with Crippen molar-refractivity contribution in [2.45, 2.75) is 63.4 Å². The summed E-state index contributed by atoms with van der Waals surface area (Å²) in [5.74, 6) is 1.29. The van der Waals surface area contributed by atoms with Crippen LogP contribution in [0.1, 0.15) is 57.9 Å². The minimum absolute atomic E-state index is 0.402. The number of carbonyl (C=O) groups excluding carboxylic acids is 1. The minimum atomic E-state index is -4.38. The van der Waals surface area contributed by atoms with Crippen LogP contribution in [0.5, 0.6) is 5.75 Å². The molecule has 0 spiro atoms. The number of carbonyl (C=O) groups is 1. The molecule has 3 nitrogen and oxygen atoms in total. The number of nitrogens with zero attached hydrogens (tertiary/aromatic N) is 1. The molecule has 188 valence electrons. The van der Waals surface area contributed by atoms with Gasteiger partial charge >= 0.3 is 6.18 Å². The van der Waals surface area contributed by atoms with Gasteiger partial charge in [-0.25, -0.2) is 0 Å². The number of methoxy groups -OCH3 is 1. The number of aldehydes is 1. The number of unbranched alkanes of at least 4 members (excludes halogenated alkanes) is 2. The lowest BCUT2D eigenvalue weighted by atomic mass is 9.81. The van der Waals surface area contributed by atoms with Crippen molar-refractivity contribution in [2.75, 3.05) is 24.8 Å². The molecule has 2 aromatic carbocycles. The van der Waals surface area contributed by atoms with Gasteiger partial charge in [-0.05, 0) is 65.2 Å². The number of hydrogen-bond acceptors (Lipinski definition) is 4. The molecule has 0 atom stereocenters. The predicted octanol–water partition coefficient (Wildman–Crippen LogP) is 8.90. The molecule has 0 aliphatic rings. The van der Waals surface area contributed by atoms with Gasteiger partial charge in [0.2, 0.25) is 0 Å². The fraction of sp³-hybridized carbons (Fsp3) is 0.500. The smallest absolute Gasteiger partial charge is 0.416 e. The number of hydrogen-bond donors (Lipinski definition) is 0. The van der Waals surface area contributed by atoms with Crippen LogP contribution in [0.25, 0.3) is 0 Å². The molecule has 0 N–H and O–H groups in total. The monoisotopic (exact) mass is 559 g/mol. The lowest BCUT2D eigenvalue weighted by Crippen LogP contribution is -2.26. The van der Waals surface area contributed by atoms with Gasteiger partial charge in [-0.15, -0.1) is 11.8 Å². The number of rotatable bonds is 13. The third kappa shape index (κ3) is 7.41. The topological polar surface area (TPSA) is 29.5 Å². The highest BCUT2D eigenvalue weighted by molar-refractivity contribution is 9.10. The van der Waals surface area contributed by atoms with Crippen LogP contribution >= 0.6 is 27.7 Å². The fourth-order valence-corrected chi connectivity index (χ4v) is 5.60. The summed E-state index contributed by atoms with van der Waals surface area (Å²) in [5, 5.41) is 0. The summed E-state index contributed by atoms with van der Waals surface area (Å²) in [7, 11) is 3.41. The highest BCUT2D eigenvalue weighted by atomic mass is 79.9. The van der Waals surface area contributed by atoms with Crippen LogP contribution in [0, 0.1) is 5.41 Å². The SMILES string of the molecule is CCCCC(C=O)(CCCC)CSc1cc(OC)c(Br)cc1N(C)c1ccc(C(F)(F)F)cc1. The third-order valence-electron chi connectivity index (χ3n) is 6.00. The molecule has 0 radical (unpaired) electrons. The number of thioether (sulfide) groups is 1. The Hall–Kier alpha value is -1.67. The molecule has 34 heavy (non-hydrogen) atoms. The van der Waals surface area contributed by atoms with E-state index in [-0.39, 0.29) is 0 Å². The van der Waals surface area contributed by atoms with E-state index in [1.54, 1.807) is 18.9 Å². The Morgan fingerprint density at radius 2 is 1.65 bits per heavy atom. The van der Waals surface area contributed by atoms with Gasteiger partial charge < -0.3 is 14.4 Å². The van der Waals surface area contributed by atoms with Gasteiger partial charge in [0.05, 0.1) is 22.8 Å². The van der Waals surface area contributed by atoms with Crippen molar-refractivity contribution in [2.24, 2.45) is 5.41 Å².